The van der Waals surface area contributed by atoms with Crippen LogP contribution in [0.15, 0.2) is 23.8 Å². The van der Waals surface area contributed by atoms with Crippen molar-refractivity contribution in [3.8, 4) is 11.5 Å². The lowest BCUT2D eigenvalue weighted by Gasteiger charge is -2.53. The molecule has 1 saturated heterocycles. The summed E-state index contributed by atoms with van der Waals surface area (Å²) in [4.78, 5) is 27.6. The third-order valence-electron chi connectivity index (χ3n) is 5.02. The fourth-order valence-electron chi connectivity index (χ4n) is 3.47. The number of esters is 1. The molecule has 0 radical (unpaired) electrons. The van der Waals surface area contributed by atoms with Crippen molar-refractivity contribution in [2.75, 3.05) is 7.05 Å². The number of hydrogen-bond acceptors (Lipinski definition) is 7. The van der Waals surface area contributed by atoms with Crippen LogP contribution >= 0.6 is 11.3 Å². The van der Waals surface area contributed by atoms with Crippen molar-refractivity contribution in [1.82, 2.24) is 19.9 Å². The maximum Gasteiger partial charge on any atom is 0.367 e. The first-order valence-electron chi connectivity index (χ1n) is 8.37. The van der Waals surface area contributed by atoms with Crippen LogP contribution in [-0.2, 0) is 4.74 Å². The van der Waals surface area contributed by atoms with E-state index in [4.69, 9.17) is 4.74 Å². The zero-order chi connectivity index (χ0) is 18.2. The first-order valence-corrected chi connectivity index (χ1v) is 9.25. The maximum atomic E-state index is 12.5. The molecule has 25 heavy (non-hydrogen) atoms. The number of thiazole rings is 1. The summed E-state index contributed by atoms with van der Waals surface area (Å²) in [6.07, 6.45) is 4.80. The lowest BCUT2D eigenvalue weighted by atomic mass is 9.79. The van der Waals surface area contributed by atoms with Crippen LogP contribution in [0.1, 0.15) is 50.3 Å². The van der Waals surface area contributed by atoms with Crippen LogP contribution in [0.25, 0.3) is 11.5 Å². The van der Waals surface area contributed by atoms with Crippen molar-refractivity contribution in [3.63, 3.8) is 0 Å². The summed E-state index contributed by atoms with van der Waals surface area (Å²) in [6, 6.07) is 1.74. The molecule has 0 amide bonds. The van der Waals surface area contributed by atoms with Crippen molar-refractivity contribution in [2.24, 2.45) is 0 Å². The van der Waals surface area contributed by atoms with Gasteiger partial charge in [-0.1, -0.05) is 0 Å². The molecule has 3 rings (SSSR count). The first kappa shape index (κ1) is 17.9. The average Bonchev–Trinajstić information content (AvgIpc) is 3.03. The highest BCUT2D eigenvalue weighted by Gasteiger charge is 2.44. The van der Waals surface area contributed by atoms with Crippen LogP contribution in [-0.4, -0.2) is 50.1 Å². The quantitative estimate of drug-likeness (QED) is 0.782. The molecule has 0 bridgehead atoms. The van der Waals surface area contributed by atoms with Gasteiger partial charge in [-0.25, -0.2) is 19.7 Å². The van der Waals surface area contributed by atoms with Crippen molar-refractivity contribution < 1.29 is 9.53 Å². The summed E-state index contributed by atoms with van der Waals surface area (Å²) in [5, 5.41) is 2.13. The summed E-state index contributed by atoms with van der Waals surface area (Å²) in [5.74, 6) is 0.146. The third-order valence-corrected chi connectivity index (χ3v) is 5.84. The molecule has 2 aromatic rings. The highest BCUT2D eigenvalue weighted by molar-refractivity contribution is 7.11. The molecule has 134 valence electrons. The summed E-state index contributed by atoms with van der Waals surface area (Å²) in [5.41, 5.74) is 0.540. The summed E-state index contributed by atoms with van der Waals surface area (Å²) in [6.45, 7) is 8.73. The number of piperidine rings is 1. The Morgan fingerprint density at radius 1 is 1.20 bits per heavy atom. The average molecular weight is 360 g/mol. The van der Waals surface area contributed by atoms with E-state index in [9.17, 15) is 4.79 Å². The van der Waals surface area contributed by atoms with E-state index in [1.54, 1.807) is 23.8 Å². The number of likely N-dealkylation sites (tertiary alicyclic amines) is 1. The molecular formula is C18H24N4O2S. The first-order chi connectivity index (χ1) is 11.7. The topological polar surface area (TPSA) is 68.2 Å². The van der Waals surface area contributed by atoms with E-state index in [0.717, 1.165) is 12.8 Å². The Morgan fingerprint density at radius 2 is 1.80 bits per heavy atom. The van der Waals surface area contributed by atoms with Crippen molar-refractivity contribution in [2.45, 2.75) is 57.7 Å². The van der Waals surface area contributed by atoms with Gasteiger partial charge in [0.1, 0.15) is 11.8 Å². The number of hydrogen-bond donors (Lipinski definition) is 0. The van der Waals surface area contributed by atoms with E-state index in [1.165, 1.54) is 11.3 Å². The lowest BCUT2D eigenvalue weighted by molar-refractivity contribution is -0.0732. The Kier molecular flexibility index (Phi) is 4.64. The van der Waals surface area contributed by atoms with Gasteiger partial charge in [0.15, 0.2) is 5.82 Å². The van der Waals surface area contributed by atoms with Crippen LogP contribution in [0.5, 0.6) is 0 Å². The van der Waals surface area contributed by atoms with E-state index in [2.05, 4.69) is 54.6 Å². The number of aromatic nitrogens is 3. The Balaban J connectivity index is 1.72. The predicted molar refractivity (Wildman–Crippen MR) is 97.5 cm³/mol. The van der Waals surface area contributed by atoms with Gasteiger partial charge in [-0.2, -0.15) is 0 Å². The molecular weight excluding hydrogens is 336 g/mol. The smallest absolute Gasteiger partial charge is 0.367 e. The molecule has 7 heteroatoms. The molecule has 1 aliphatic rings. The summed E-state index contributed by atoms with van der Waals surface area (Å²) >= 11 is 1.27. The fraction of sp³-hybridized carbons (Fsp3) is 0.556. The predicted octanol–water partition coefficient (Wildman–Crippen LogP) is 3.41. The molecule has 0 atom stereocenters. The molecule has 0 unspecified atom stereocenters. The molecule has 2 aromatic heterocycles. The van der Waals surface area contributed by atoms with E-state index < -0.39 is 0 Å². The van der Waals surface area contributed by atoms with Gasteiger partial charge in [0.25, 0.3) is 0 Å². The molecule has 0 spiro atoms. The minimum atomic E-state index is -0.367. The zero-order valence-electron chi connectivity index (χ0n) is 15.3. The molecule has 0 N–H and O–H groups in total. The highest BCUT2D eigenvalue weighted by atomic mass is 32.1. The molecule has 3 heterocycles. The maximum absolute atomic E-state index is 12.5. The summed E-state index contributed by atoms with van der Waals surface area (Å²) in [7, 11) is 2.13. The van der Waals surface area contributed by atoms with Gasteiger partial charge in [-0.15, -0.1) is 11.3 Å². The van der Waals surface area contributed by atoms with Crippen molar-refractivity contribution in [3.05, 3.63) is 28.8 Å². The second kappa shape index (κ2) is 6.46. The number of carbonyl (C=O) groups excluding carboxylic acids is 1. The minimum Gasteiger partial charge on any atom is -0.457 e. The Bertz CT molecular complexity index is 739. The van der Waals surface area contributed by atoms with E-state index in [-0.39, 0.29) is 23.2 Å². The Hall–Kier alpha value is -1.86. The largest absolute Gasteiger partial charge is 0.457 e. The van der Waals surface area contributed by atoms with Gasteiger partial charge in [0, 0.05) is 41.7 Å². The minimum absolute atomic E-state index is 0.0292. The van der Waals surface area contributed by atoms with Gasteiger partial charge in [0.2, 0.25) is 5.01 Å². The Labute approximate surface area is 152 Å². The van der Waals surface area contributed by atoms with Gasteiger partial charge in [-0.05, 0) is 40.8 Å². The van der Waals surface area contributed by atoms with Gasteiger partial charge >= 0.3 is 5.97 Å². The van der Waals surface area contributed by atoms with Gasteiger partial charge < -0.3 is 4.74 Å². The number of nitrogens with zero attached hydrogens (tertiary/aromatic N) is 4. The van der Waals surface area contributed by atoms with E-state index in [0.29, 0.717) is 16.5 Å². The van der Waals surface area contributed by atoms with E-state index >= 15 is 0 Å². The monoisotopic (exact) mass is 360 g/mol. The molecule has 6 nitrogen and oxygen atoms in total. The second-order valence-electron chi connectivity index (χ2n) is 7.73. The molecule has 0 aromatic carbocycles. The van der Waals surface area contributed by atoms with Gasteiger partial charge in [0.05, 0.1) is 0 Å². The van der Waals surface area contributed by atoms with Crippen LogP contribution in [0.4, 0.5) is 0 Å². The van der Waals surface area contributed by atoms with Crippen molar-refractivity contribution >= 4 is 17.3 Å². The Morgan fingerprint density at radius 3 is 2.40 bits per heavy atom. The third kappa shape index (κ3) is 3.72. The van der Waals surface area contributed by atoms with Crippen LogP contribution in [0.2, 0.25) is 0 Å². The normalized spacial score (nSPS) is 20.4. The van der Waals surface area contributed by atoms with Crippen LogP contribution in [0.3, 0.4) is 0 Å². The number of carbonyl (C=O) groups is 1. The molecule has 1 fully saturated rings. The van der Waals surface area contributed by atoms with Crippen LogP contribution in [0, 0.1) is 0 Å². The fourth-order valence-corrected chi connectivity index (χ4v) is 4.14. The highest BCUT2D eigenvalue weighted by Crippen LogP contribution is 2.38. The van der Waals surface area contributed by atoms with Gasteiger partial charge in [-0.3, -0.25) is 4.90 Å². The van der Waals surface area contributed by atoms with Crippen molar-refractivity contribution in [1.29, 1.82) is 0 Å². The number of ether oxygens (including phenoxy) is 1. The molecule has 0 saturated carbocycles. The number of rotatable bonds is 3. The lowest BCUT2D eigenvalue weighted by Crippen LogP contribution is -2.60. The summed E-state index contributed by atoms with van der Waals surface area (Å²) < 4.78 is 5.79. The van der Waals surface area contributed by atoms with E-state index in [1.807, 2.05) is 0 Å². The zero-order valence-corrected chi connectivity index (χ0v) is 16.1. The second-order valence-corrected chi connectivity index (χ2v) is 8.59. The standard InChI is InChI=1S/C18H24N4O2S/c1-17(2)9-12(10-18(3,4)22(17)5)24-16(23)15-21-13(11-25-15)14-19-7-6-8-20-14/h6-8,11-12H,9-10H2,1-5H3. The SMILES string of the molecule is CN1C(C)(C)CC(OC(=O)c2nc(-c3ncccn3)cs2)CC1(C)C. The molecule has 1 aliphatic heterocycles. The van der Waals surface area contributed by atoms with Crippen LogP contribution < -0.4 is 0 Å². The molecule has 0 aliphatic carbocycles.